The summed E-state index contributed by atoms with van der Waals surface area (Å²) >= 11 is 5.51. The third-order valence-corrected chi connectivity index (χ3v) is 1.66. The molecular formula is C4H7ClN4. The molecule has 4 nitrogen and oxygen atoms in total. The van der Waals surface area contributed by atoms with Gasteiger partial charge in [0.05, 0.1) is 6.04 Å². The van der Waals surface area contributed by atoms with Crippen LogP contribution < -0.4 is 0 Å². The monoisotopic (exact) mass is 146 g/mol. The third-order valence-electron chi connectivity index (χ3n) is 1.48. The molecule has 0 aromatic heterocycles. The predicted octanol–water partition coefficient (Wildman–Crippen LogP) is 1.16. The van der Waals surface area contributed by atoms with Gasteiger partial charge in [-0.3, -0.25) is 5.01 Å². The minimum atomic E-state index is 0.623. The maximum atomic E-state index is 5.51. The SMILES string of the molecule is ClN1CN(C2CC2)N=N1. The lowest BCUT2D eigenvalue weighted by atomic mass is 10.7. The van der Waals surface area contributed by atoms with E-state index < -0.39 is 0 Å². The highest BCUT2D eigenvalue weighted by atomic mass is 35.5. The van der Waals surface area contributed by atoms with Crippen LogP contribution in [0.2, 0.25) is 0 Å². The molecule has 5 heteroatoms. The predicted molar refractivity (Wildman–Crippen MR) is 32.3 cm³/mol. The van der Waals surface area contributed by atoms with Gasteiger partial charge in [-0.2, -0.15) is 4.53 Å². The maximum Gasteiger partial charge on any atom is 0.144 e. The zero-order valence-corrected chi connectivity index (χ0v) is 5.62. The zero-order valence-electron chi connectivity index (χ0n) is 4.87. The highest BCUT2D eigenvalue weighted by Gasteiger charge is 2.31. The van der Waals surface area contributed by atoms with E-state index >= 15 is 0 Å². The molecule has 0 bridgehead atoms. The molecule has 0 unspecified atom stereocenters. The molecule has 9 heavy (non-hydrogen) atoms. The van der Waals surface area contributed by atoms with Crippen molar-refractivity contribution in [1.82, 2.24) is 9.54 Å². The normalized spacial score (nSPS) is 25.9. The van der Waals surface area contributed by atoms with Crippen LogP contribution in [0.4, 0.5) is 0 Å². The summed E-state index contributed by atoms with van der Waals surface area (Å²) in [6, 6.07) is 0.623. The highest BCUT2D eigenvalue weighted by molar-refractivity contribution is 6.13. The molecule has 0 N–H and O–H groups in total. The molecule has 0 amide bonds. The Kier molecular flexibility index (Phi) is 1.02. The van der Waals surface area contributed by atoms with Crippen molar-refractivity contribution < 1.29 is 0 Å². The molecule has 0 spiro atoms. The van der Waals surface area contributed by atoms with Gasteiger partial charge in [0.1, 0.15) is 6.67 Å². The van der Waals surface area contributed by atoms with Gasteiger partial charge in [-0.1, -0.05) is 0 Å². The van der Waals surface area contributed by atoms with Gasteiger partial charge in [0.15, 0.2) is 0 Å². The number of halogens is 1. The largest absolute Gasteiger partial charge is 0.251 e. The summed E-state index contributed by atoms with van der Waals surface area (Å²) in [6.45, 7) is 0.645. The first-order chi connectivity index (χ1) is 4.36. The van der Waals surface area contributed by atoms with Crippen LogP contribution >= 0.6 is 11.8 Å². The molecule has 0 atom stereocenters. The van der Waals surface area contributed by atoms with Crippen LogP contribution in [0.25, 0.3) is 0 Å². The lowest BCUT2D eigenvalue weighted by Gasteiger charge is -2.08. The smallest absolute Gasteiger partial charge is 0.144 e. The number of rotatable bonds is 1. The number of hydrogen-bond donors (Lipinski definition) is 0. The van der Waals surface area contributed by atoms with Crippen molar-refractivity contribution in [3.63, 3.8) is 0 Å². The Morgan fingerprint density at radius 2 is 2.11 bits per heavy atom. The molecule has 2 rings (SSSR count). The molecule has 1 fully saturated rings. The molecule has 0 aromatic carbocycles. The van der Waals surface area contributed by atoms with Crippen LogP contribution in [-0.2, 0) is 0 Å². The van der Waals surface area contributed by atoms with E-state index in [4.69, 9.17) is 11.8 Å². The average Bonchev–Trinajstić information content (AvgIpc) is 2.58. The van der Waals surface area contributed by atoms with E-state index in [1.807, 2.05) is 5.01 Å². The molecule has 0 saturated heterocycles. The van der Waals surface area contributed by atoms with Crippen molar-refractivity contribution in [3.8, 4) is 0 Å². The second-order valence-corrected chi connectivity index (χ2v) is 2.72. The lowest BCUT2D eigenvalue weighted by molar-refractivity contribution is 0.266. The van der Waals surface area contributed by atoms with Crippen LogP contribution in [0, 0.1) is 0 Å². The molecule has 1 saturated carbocycles. The molecule has 0 aromatic rings. The van der Waals surface area contributed by atoms with Crippen molar-refractivity contribution in [2.75, 3.05) is 6.67 Å². The number of nitrogens with zero attached hydrogens (tertiary/aromatic N) is 4. The first-order valence-corrected chi connectivity index (χ1v) is 3.31. The Hall–Kier alpha value is -0.510. The van der Waals surface area contributed by atoms with E-state index in [1.165, 1.54) is 17.4 Å². The van der Waals surface area contributed by atoms with Gasteiger partial charge in [-0.15, -0.1) is 0 Å². The lowest BCUT2D eigenvalue weighted by Crippen LogP contribution is -2.21. The first-order valence-electron chi connectivity index (χ1n) is 2.98. The molecular weight excluding hydrogens is 140 g/mol. The topological polar surface area (TPSA) is 31.2 Å². The Balaban J connectivity index is 1.94. The van der Waals surface area contributed by atoms with Gasteiger partial charge >= 0.3 is 0 Å². The maximum absolute atomic E-state index is 5.51. The van der Waals surface area contributed by atoms with Crippen molar-refractivity contribution in [3.05, 3.63) is 0 Å². The minimum Gasteiger partial charge on any atom is -0.251 e. The molecule has 50 valence electrons. The summed E-state index contributed by atoms with van der Waals surface area (Å²) in [5, 5.41) is 9.37. The van der Waals surface area contributed by atoms with E-state index in [9.17, 15) is 0 Å². The van der Waals surface area contributed by atoms with E-state index in [0.717, 1.165) is 0 Å². The van der Waals surface area contributed by atoms with Gasteiger partial charge in [0.25, 0.3) is 0 Å². The fraction of sp³-hybridized carbons (Fsp3) is 1.00. The molecule has 2 aliphatic rings. The third kappa shape index (κ3) is 0.941. The zero-order chi connectivity index (χ0) is 6.27. The molecule has 1 aliphatic heterocycles. The van der Waals surface area contributed by atoms with Crippen molar-refractivity contribution in [2.24, 2.45) is 10.4 Å². The Bertz CT molecular complexity index is 144. The van der Waals surface area contributed by atoms with Crippen LogP contribution in [0.3, 0.4) is 0 Å². The van der Waals surface area contributed by atoms with Gasteiger partial charge in [0.2, 0.25) is 0 Å². The number of hydrogen-bond acceptors (Lipinski definition) is 4. The summed E-state index contributed by atoms with van der Waals surface area (Å²) < 4.78 is 1.32. The Morgan fingerprint density at radius 1 is 1.33 bits per heavy atom. The standard InChI is InChI=1S/C4H7ClN4/c5-9-3-8(6-7-9)4-1-2-4/h4H,1-3H2. The van der Waals surface area contributed by atoms with Gasteiger partial charge in [-0.25, -0.2) is 0 Å². The van der Waals surface area contributed by atoms with Crippen molar-refractivity contribution >= 4 is 11.8 Å². The van der Waals surface area contributed by atoms with Crippen LogP contribution in [0.5, 0.6) is 0 Å². The van der Waals surface area contributed by atoms with Gasteiger partial charge in [0, 0.05) is 11.8 Å². The highest BCUT2D eigenvalue weighted by Crippen LogP contribution is 2.29. The van der Waals surface area contributed by atoms with E-state index in [2.05, 4.69) is 10.4 Å². The summed E-state index contributed by atoms with van der Waals surface area (Å²) in [5.74, 6) is 0. The first kappa shape index (κ1) is 5.29. The summed E-state index contributed by atoms with van der Waals surface area (Å²) in [6.07, 6.45) is 2.48. The molecule has 1 aliphatic carbocycles. The summed E-state index contributed by atoms with van der Waals surface area (Å²) in [5.41, 5.74) is 0. The second-order valence-electron chi connectivity index (χ2n) is 2.33. The molecule has 0 radical (unpaired) electrons. The Labute approximate surface area is 58.1 Å². The summed E-state index contributed by atoms with van der Waals surface area (Å²) in [4.78, 5) is 0. The van der Waals surface area contributed by atoms with Gasteiger partial charge < -0.3 is 0 Å². The fourth-order valence-corrected chi connectivity index (χ4v) is 0.972. The van der Waals surface area contributed by atoms with Crippen molar-refractivity contribution in [2.45, 2.75) is 18.9 Å². The average molecular weight is 147 g/mol. The van der Waals surface area contributed by atoms with E-state index in [1.54, 1.807) is 0 Å². The quantitative estimate of drug-likeness (QED) is 0.520. The van der Waals surface area contributed by atoms with Gasteiger partial charge in [-0.05, 0) is 23.3 Å². The summed E-state index contributed by atoms with van der Waals surface area (Å²) in [7, 11) is 0. The fourth-order valence-electron chi connectivity index (χ4n) is 0.832. The minimum absolute atomic E-state index is 0.623. The van der Waals surface area contributed by atoms with Crippen LogP contribution in [0.1, 0.15) is 12.8 Å². The van der Waals surface area contributed by atoms with E-state index in [0.29, 0.717) is 12.7 Å². The van der Waals surface area contributed by atoms with E-state index in [-0.39, 0.29) is 0 Å². The van der Waals surface area contributed by atoms with Crippen molar-refractivity contribution in [1.29, 1.82) is 0 Å². The molecule has 1 heterocycles. The van der Waals surface area contributed by atoms with Crippen LogP contribution in [-0.4, -0.2) is 22.2 Å². The van der Waals surface area contributed by atoms with Crippen LogP contribution in [0.15, 0.2) is 10.4 Å². The second kappa shape index (κ2) is 1.73. The Morgan fingerprint density at radius 3 is 2.56 bits per heavy atom.